The van der Waals surface area contributed by atoms with Crippen LogP contribution in [-0.4, -0.2) is 45.4 Å². The van der Waals surface area contributed by atoms with Crippen LogP contribution in [0.1, 0.15) is 23.3 Å². The van der Waals surface area contributed by atoms with Gasteiger partial charge in [0.05, 0.1) is 0 Å². The highest BCUT2D eigenvalue weighted by atomic mass is 16.4. The monoisotopic (exact) mass is 279 g/mol. The van der Waals surface area contributed by atoms with E-state index in [1.807, 2.05) is 0 Å². The van der Waals surface area contributed by atoms with Crippen molar-refractivity contribution in [2.24, 2.45) is 11.7 Å². The molecule has 108 valence electrons. The van der Waals surface area contributed by atoms with E-state index in [0.29, 0.717) is 31.6 Å². The van der Waals surface area contributed by atoms with Crippen LogP contribution in [0.25, 0.3) is 0 Å². The lowest BCUT2D eigenvalue weighted by Crippen LogP contribution is -2.42. The number of aliphatic carboxylic acids is 1. The maximum Gasteiger partial charge on any atom is 0.323 e. The minimum atomic E-state index is -0.998. The van der Waals surface area contributed by atoms with Gasteiger partial charge in [-0.05, 0) is 25.0 Å². The number of likely N-dealkylation sites (tertiary alicyclic amines) is 1. The number of carboxylic acids is 1. The van der Waals surface area contributed by atoms with E-state index in [0.717, 1.165) is 0 Å². The first-order valence-corrected chi connectivity index (χ1v) is 6.44. The minimum Gasteiger partial charge on any atom is -0.480 e. The van der Waals surface area contributed by atoms with E-state index < -0.39 is 5.97 Å². The smallest absolute Gasteiger partial charge is 0.323 e. The summed E-state index contributed by atoms with van der Waals surface area (Å²) in [5.74, 6) is -1.71. The molecule has 0 aliphatic carbocycles. The van der Waals surface area contributed by atoms with Crippen LogP contribution in [0.5, 0.6) is 0 Å². The molecule has 0 spiro atoms. The number of nitrogens with two attached hydrogens (primary N) is 1. The summed E-state index contributed by atoms with van der Waals surface area (Å²) in [6, 6.07) is 3.25. The Labute approximate surface area is 116 Å². The number of carbonyl (C=O) groups is 3. The van der Waals surface area contributed by atoms with Crippen LogP contribution in [0.2, 0.25) is 0 Å². The van der Waals surface area contributed by atoms with Crippen molar-refractivity contribution in [2.75, 3.05) is 13.1 Å². The first-order valence-electron chi connectivity index (χ1n) is 6.44. The Morgan fingerprint density at radius 2 is 1.95 bits per heavy atom. The summed E-state index contributed by atoms with van der Waals surface area (Å²) in [4.78, 5) is 35.8. The van der Waals surface area contributed by atoms with Gasteiger partial charge in [-0.25, -0.2) is 0 Å². The number of piperidine rings is 1. The second-order valence-electron chi connectivity index (χ2n) is 4.88. The molecule has 1 fully saturated rings. The maximum absolute atomic E-state index is 12.3. The molecule has 20 heavy (non-hydrogen) atoms. The SMILES string of the molecule is NC(=O)C1CCN(C(=O)c2cccn2CC(=O)O)CC1. The molecule has 0 bridgehead atoms. The molecule has 0 aromatic carbocycles. The predicted molar refractivity (Wildman–Crippen MR) is 69.9 cm³/mol. The minimum absolute atomic E-state index is 0.176. The van der Waals surface area contributed by atoms with Crippen molar-refractivity contribution in [1.29, 1.82) is 0 Å². The van der Waals surface area contributed by atoms with Crippen molar-refractivity contribution >= 4 is 17.8 Å². The summed E-state index contributed by atoms with van der Waals surface area (Å²) in [7, 11) is 0. The number of hydrogen-bond donors (Lipinski definition) is 2. The maximum atomic E-state index is 12.3. The second-order valence-corrected chi connectivity index (χ2v) is 4.88. The molecular weight excluding hydrogens is 262 g/mol. The summed E-state index contributed by atoms with van der Waals surface area (Å²) >= 11 is 0. The number of primary amides is 1. The standard InChI is InChI=1S/C13H17N3O4/c14-12(19)9-3-6-15(7-4-9)13(20)10-2-1-5-16(10)8-11(17)18/h1-2,5,9H,3-4,6-8H2,(H2,14,19)(H,17,18). The van der Waals surface area contributed by atoms with E-state index in [4.69, 9.17) is 10.8 Å². The first kappa shape index (κ1) is 14.1. The van der Waals surface area contributed by atoms with Crippen molar-refractivity contribution in [3.63, 3.8) is 0 Å². The van der Waals surface area contributed by atoms with Crippen LogP contribution in [-0.2, 0) is 16.1 Å². The Hall–Kier alpha value is -2.31. The third-order valence-corrected chi connectivity index (χ3v) is 3.54. The third-order valence-electron chi connectivity index (χ3n) is 3.54. The molecule has 2 amide bonds. The number of aromatic nitrogens is 1. The molecule has 0 saturated carbocycles. The average Bonchev–Trinajstić information content (AvgIpc) is 2.85. The Kier molecular flexibility index (Phi) is 4.07. The number of amides is 2. The molecule has 0 radical (unpaired) electrons. The summed E-state index contributed by atoms with van der Waals surface area (Å²) < 4.78 is 1.41. The molecule has 1 aromatic heterocycles. The van der Waals surface area contributed by atoms with Crippen molar-refractivity contribution < 1.29 is 19.5 Å². The van der Waals surface area contributed by atoms with Crippen molar-refractivity contribution in [1.82, 2.24) is 9.47 Å². The van der Waals surface area contributed by atoms with Crippen molar-refractivity contribution in [3.05, 3.63) is 24.0 Å². The number of nitrogens with zero attached hydrogens (tertiary/aromatic N) is 2. The highest BCUT2D eigenvalue weighted by Crippen LogP contribution is 2.19. The zero-order chi connectivity index (χ0) is 14.7. The lowest BCUT2D eigenvalue weighted by molar-refractivity contribution is -0.137. The molecule has 7 heteroatoms. The fourth-order valence-electron chi connectivity index (χ4n) is 2.42. The second kappa shape index (κ2) is 5.77. The van der Waals surface area contributed by atoms with E-state index in [1.165, 1.54) is 4.57 Å². The van der Waals surface area contributed by atoms with Crippen molar-refractivity contribution in [3.8, 4) is 0 Å². The summed E-state index contributed by atoms with van der Waals surface area (Å²) in [6.07, 6.45) is 2.68. The quantitative estimate of drug-likeness (QED) is 0.803. The Morgan fingerprint density at radius 1 is 1.30 bits per heavy atom. The Morgan fingerprint density at radius 3 is 2.50 bits per heavy atom. The Bertz CT molecular complexity index is 529. The number of carbonyl (C=O) groups excluding carboxylic acids is 2. The molecule has 3 N–H and O–H groups in total. The highest BCUT2D eigenvalue weighted by molar-refractivity contribution is 5.93. The molecule has 1 aromatic rings. The van der Waals surface area contributed by atoms with E-state index in [-0.39, 0.29) is 24.3 Å². The van der Waals surface area contributed by atoms with Gasteiger partial charge < -0.3 is 20.3 Å². The lowest BCUT2D eigenvalue weighted by atomic mass is 9.96. The molecule has 1 aliphatic rings. The van der Waals surface area contributed by atoms with E-state index >= 15 is 0 Å². The van der Waals surface area contributed by atoms with Crippen LogP contribution in [0.3, 0.4) is 0 Å². The fourth-order valence-corrected chi connectivity index (χ4v) is 2.42. The van der Waals surface area contributed by atoms with E-state index in [1.54, 1.807) is 23.2 Å². The number of hydrogen-bond acceptors (Lipinski definition) is 3. The van der Waals surface area contributed by atoms with Gasteiger partial charge in [-0.3, -0.25) is 14.4 Å². The molecule has 2 heterocycles. The summed E-state index contributed by atoms with van der Waals surface area (Å²) in [5, 5.41) is 8.80. The van der Waals surface area contributed by atoms with E-state index in [9.17, 15) is 14.4 Å². The van der Waals surface area contributed by atoms with Gasteiger partial charge in [0, 0.05) is 25.2 Å². The molecule has 1 saturated heterocycles. The molecule has 1 aliphatic heterocycles. The summed E-state index contributed by atoms with van der Waals surface area (Å²) in [6.45, 7) is 0.682. The molecule has 2 rings (SSSR count). The van der Waals surface area contributed by atoms with Crippen LogP contribution in [0, 0.1) is 5.92 Å². The third kappa shape index (κ3) is 2.98. The van der Waals surface area contributed by atoms with E-state index in [2.05, 4.69) is 0 Å². The van der Waals surface area contributed by atoms with Gasteiger partial charge in [0.15, 0.2) is 0 Å². The first-order chi connectivity index (χ1) is 9.49. The van der Waals surface area contributed by atoms with Crippen LogP contribution in [0.4, 0.5) is 0 Å². The summed E-state index contributed by atoms with van der Waals surface area (Å²) in [5.41, 5.74) is 5.60. The number of rotatable bonds is 4. The van der Waals surface area contributed by atoms with Gasteiger partial charge in [0.1, 0.15) is 12.2 Å². The molecule has 7 nitrogen and oxygen atoms in total. The predicted octanol–water partition coefficient (Wildman–Crippen LogP) is -0.0898. The van der Waals surface area contributed by atoms with Gasteiger partial charge in [-0.2, -0.15) is 0 Å². The topological polar surface area (TPSA) is 106 Å². The van der Waals surface area contributed by atoms with Gasteiger partial charge in [-0.15, -0.1) is 0 Å². The largest absolute Gasteiger partial charge is 0.480 e. The molecular formula is C13H17N3O4. The van der Waals surface area contributed by atoms with Crippen molar-refractivity contribution in [2.45, 2.75) is 19.4 Å². The highest BCUT2D eigenvalue weighted by Gasteiger charge is 2.27. The van der Waals surface area contributed by atoms with Gasteiger partial charge in [0.2, 0.25) is 5.91 Å². The van der Waals surface area contributed by atoms with Gasteiger partial charge >= 0.3 is 5.97 Å². The number of carboxylic acid groups (broad SMARTS) is 1. The fraction of sp³-hybridized carbons (Fsp3) is 0.462. The zero-order valence-corrected chi connectivity index (χ0v) is 11.0. The average molecular weight is 279 g/mol. The molecule has 0 unspecified atom stereocenters. The van der Waals surface area contributed by atoms with Crippen LogP contribution >= 0.6 is 0 Å². The van der Waals surface area contributed by atoms with Gasteiger partial charge in [-0.1, -0.05) is 0 Å². The Balaban J connectivity index is 2.04. The van der Waals surface area contributed by atoms with Gasteiger partial charge in [0.25, 0.3) is 5.91 Å². The molecule has 0 atom stereocenters. The van der Waals surface area contributed by atoms with Crippen LogP contribution in [0.15, 0.2) is 18.3 Å². The normalized spacial score (nSPS) is 16.1. The van der Waals surface area contributed by atoms with Crippen LogP contribution < -0.4 is 5.73 Å². The lowest BCUT2D eigenvalue weighted by Gasteiger charge is -2.30. The zero-order valence-electron chi connectivity index (χ0n) is 11.0.